The number of pyridine rings is 1. The van der Waals surface area contributed by atoms with Crippen LogP contribution in [0.1, 0.15) is 56.7 Å². The van der Waals surface area contributed by atoms with E-state index < -0.39 is 0 Å². The summed E-state index contributed by atoms with van der Waals surface area (Å²) in [4.78, 5) is 8.82. The Kier molecular flexibility index (Phi) is 10.1. The van der Waals surface area contributed by atoms with Crippen molar-refractivity contribution in [2.24, 2.45) is 4.99 Å². The van der Waals surface area contributed by atoms with Crippen LogP contribution in [-0.4, -0.2) is 22.6 Å². The lowest BCUT2D eigenvalue weighted by Gasteiger charge is -2.09. The Morgan fingerprint density at radius 2 is 2.00 bits per heavy atom. The van der Waals surface area contributed by atoms with E-state index in [1.165, 1.54) is 0 Å². The second-order valence-corrected chi connectivity index (χ2v) is 5.60. The van der Waals surface area contributed by atoms with Crippen LogP contribution in [0.3, 0.4) is 0 Å². The number of halogens is 1. The Labute approximate surface area is 166 Å². The van der Waals surface area contributed by atoms with Gasteiger partial charge in [-0.1, -0.05) is 25.1 Å². The van der Waals surface area contributed by atoms with Gasteiger partial charge in [0.1, 0.15) is 0 Å². The third-order valence-electron chi connectivity index (χ3n) is 3.88. The molecule has 7 heteroatoms. The number of nitrogens with one attached hydrogen (secondary N) is 2. The van der Waals surface area contributed by atoms with Gasteiger partial charge in [0.25, 0.3) is 0 Å². The smallest absolute Gasteiger partial charge is 0.192 e. The number of guanidine groups is 1. The zero-order chi connectivity index (χ0) is 17.2. The molecule has 0 aromatic carbocycles. The van der Waals surface area contributed by atoms with Crippen LogP contribution in [0.15, 0.2) is 40.0 Å². The SMILES string of the molecule is CCNC(=NCc1ccccn1)NCc1cc(C(CC)CC)no1.I. The van der Waals surface area contributed by atoms with Gasteiger partial charge in [-0.25, -0.2) is 4.99 Å². The van der Waals surface area contributed by atoms with Crippen molar-refractivity contribution >= 4 is 29.9 Å². The van der Waals surface area contributed by atoms with Crippen molar-refractivity contribution in [1.29, 1.82) is 0 Å². The van der Waals surface area contributed by atoms with E-state index in [9.17, 15) is 0 Å². The maximum atomic E-state index is 5.43. The van der Waals surface area contributed by atoms with E-state index in [1.54, 1.807) is 6.20 Å². The maximum Gasteiger partial charge on any atom is 0.192 e. The Bertz CT molecular complexity index is 625. The molecule has 25 heavy (non-hydrogen) atoms. The molecule has 0 aliphatic heterocycles. The molecule has 2 rings (SSSR count). The summed E-state index contributed by atoms with van der Waals surface area (Å²) >= 11 is 0. The summed E-state index contributed by atoms with van der Waals surface area (Å²) in [7, 11) is 0. The van der Waals surface area contributed by atoms with Gasteiger partial charge >= 0.3 is 0 Å². The molecule has 0 spiro atoms. The summed E-state index contributed by atoms with van der Waals surface area (Å²) in [5, 5.41) is 10.7. The van der Waals surface area contributed by atoms with Crippen LogP contribution in [0.4, 0.5) is 0 Å². The molecule has 0 fully saturated rings. The summed E-state index contributed by atoms with van der Waals surface area (Å²) in [6, 6.07) is 7.86. The van der Waals surface area contributed by atoms with Crippen LogP contribution in [0.2, 0.25) is 0 Å². The number of aliphatic imine (C=N–C) groups is 1. The second-order valence-electron chi connectivity index (χ2n) is 5.60. The van der Waals surface area contributed by atoms with E-state index in [1.807, 2.05) is 31.2 Å². The van der Waals surface area contributed by atoms with Gasteiger partial charge in [-0.3, -0.25) is 4.98 Å². The lowest BCUT2D eigenvalue weighted by molar-refractivity contribution is 0.368. The largest absolute Gasteiger partial charge is 0.359 e. The molecule has 2 heterocycles. The van der Waals surface area contributed by atoms with Crippen LogP contribution in [0, 0.1) is 0 Å². The summed E-state index contributed by atoms with van der Waals surface area (Å²) in [5.41, 5.74) is 1.97. The normalized spacial score (nSPS) is 11.3. The van der Waals surface area contributed by atoms with Crippen molar-refractivity contribution in [1.82, 2.24) is 20.8 Å². The number of hydrogen-bond donors (Lipinski definition) is 2. The molecule has 0 bridgehead atoms. The number of hydrogen-bond acceptors (Lipinski definition) is 4. The van der Waals surface area contributed by atoms with Gasteiger partial charge < -0.3 is 15.2 Å². The van der Waals surface area contributed by atoms with Crippen LogP contribution >= 0.6 is 24.0 Å². The summed E-state index contributed by atoms with van der Waals surface area (Å²) in [5.74, 6) is 2.03. The second kappa shape index (κ2) is 11.8. The zero-order valence-electron chi connectivity index (χ0n) is 15.2. The van der Waals surface area contributed by atoms with Crippen molar-refractivity contribution in [2.75, 3.05) is 6.54 Å². The van der Waals surface area contributed by atoms with E-state index >= 15 is 0 Å². The molecule has 138 valence electrons. The average molecular weight is 457 g/mol. The topological polar surface area (TPSA) is 75.3 Å². The van der Waals surface area contributed by atoms with Crippen LogP contribution < -0.4 is 10.6 Å². The Hall–Kier alpha value is -1.64. The Balaban J connectivity index is 0.00000312. The molecule has 6 nitrogen and oxygen atoms in total. The first-order valence-electron chi connectivity index (χ1n) is 8.64. The highest BCUT2D eigenvalue weighted by molar-refractivity contribution is 14.0. The van der Waals surface area contributed by atoms with E-state index in [-0.39, 0.29) is 24.0 Å². The van der Waals surface area contributed by atoms with Crippen molar-refractivity contribution in [3.63, 3.8) is 0 Å². The molecule has 0 atom stereocenters. The van der Waals surface area contributed by atoms with Crippen molar-refractivity contribution in [2.45, 2.75) is 52.6 Å². The highest BCUT2D eigenvalue weighted by Gasteiger charge is 2.13. The highest BCUT2D eigenvalue weighted by Crippen LogP contribution is 2.22. The van der Waals surface area contributed by atoms with Gasteiger partial charge in [-0.15, -0.1) is 24.0 Å². The molecule has 0 radical (unpaired) electrons. The zero-order valence-corrected chi connectivity index (χ0v) is 17.5. The molecule has 0 aliphatic rings. The third kappa shape index (κ3) is 7.01. The number of aromatic nitrogens is 2. The molecule has 2 N–H and O–H groups in total. The van der Waals surface area contributed by atoms with Crippen LogP contribution in [0.25, 0.3) is 0 Å². The van der Waals surface area contributed by atoms with E-state index in [4.69, 9.17) is 4.52 Å². The van der Waals surface area contributed by atoms with Gasteiger partial charge in [0.15, 0.2) is 11.7 Å². The predicted octanol–water partition coefficient (Wildman–Crippen LogP) is 3.85. The molecule has 0 unspecified atom stereocenters. The molecule has 2 aromatic heterocycles. The van der Waals surface area contributed by atoms with Gasteiger partial charge in [-0.2, -0.15) is 0 Å². The Morgan fingerprint density at radius 1 is 1.20 bits per heavy atom. The van der Waals surface area contributed by atoms with Gasteiger partial charge in [0.2, 0.25) is 0 Å². The van der Waals surface area contributed by atoms with Crippen molar-refractivity contribution in [3.8, 4) is 0 Å². The van der Waals surface area contributed by atoms with E-state index in [2.05, 4.69) is 39.6 Å². The summed E-state index contributed by atoms with van der Waals surface area (Å²) in [6.07, 6.45) is 3.92. The first-order valence-corrected chi connectivity index (χ1v) is 8.64. The van der Waals surface area contributed by atoms with Gasteiger partial charge in [-0.05, 0) is 31.9 Å². The quantitative estimate of drug-likeness (QED) is 0.358. The van der Waals surface area contributed by atoms with E-state index in [0.29, 0.717) is 19.0 Å². The minimum absolute atomic E-state index is 0. The monoisotopic (exact) mass is 457 g/mol. The summed E-state index contributed by atoms with van der Waals surface area (Å²) < 4.78 is 5.43. The number of nitrogens with zero attached hydrogens (tertiary/aromatic N) is 3. The fourth-order valence-corrected chi connectivity index (χ4v) is 2.48. The standard InChI is InChI=1S/C18H27N5O.HI/c1-4-14(5-2)17-11-16(24-23-17)13-22-18(19-6-3)21-12-15-9-7-8-10-20-15;/h7-11,14H,4-6,12-13H2,1-3H3,(H2,19,21,22);1H. The minimum Gasteiger partial charge on any atom is -0.359 e. The predicted molar refractivity (Wildman–Crippen MR) is 111 cm³/mol. The molecular formula is C18H28IN5O. The minimum atomic E-state index is 0. The molecule has 2 aromatic rings. The van der Waals surface area contributed by atoms with Crippen LogP contribution in [-0.2, 0) is 13.1 Å². The lowest BCUT2D eigenvalue weighted by Crippen LogP contribution is -2.36. The fraction of sp³-hybridized carbons (Fsp3) is 0.500. The van der Waals surface area contributed by atoms with Crippen LogP contribution in [0.5, 0.6) is 0 Å². The van der Waals surface area contributed by atoms with E-state index in [0.717, 1.165) is 42.5 Å². The molecule has 0 aliphatic carbocycles. The van der Waals surface area contributed by atoms with Crippen molar-refractivity contribution in [3.05, 3.63) is 47.6 Å². The Morgan fingerprint density at radius 3 is 2.64 bits per heavy atom. The number of rotatable bonds is 8. The highest BCUT2D eigenvalue weighted by atomic mass is 127. The fourth-order valence-electron chi connectivity index (χ4n) is 2.48. The summed E-state index contributed by atoms with van der Waals surface area (Å²) in [6.45, 7) is 8.27. The lowest BCUT2D eigenvalue weighted by atomic mass is 9.99. The van der Waals surface area contributed by atoms with Gasteiger partial charge in [0, 0.05) is 24.7 Å². The third-order valence-corrected chi connectivity index (χ3v) is 3.88. The molecule has 0 saturated carbocycles. The average Bonchev–Trinajstić information content (AvgIpc) is 3.08. The first-order chi connectivity index (χ1) is 11.8. The van der Waals surface area contributed by atoms with Crippen molar-refractivity contribution < 1.29 is 4.52 Å². The first kappa shape index (κ1) is 21.4. The molecule has 0 saturated heterocycles. The maximum absolute atomic E-state index is 5.43. The molecular weight excluding hydrogens is 429 g/mol. The molecule has 0 amide bonds. The van der Waals surface area contributed by atoms with Gasteiger partial charge in [0.05, 0.1) is 24.5 Å².